The lowest BCUT2D eigenvalue weighted by Gasteiger charge is -2.16. The van der Waals surface area contributed by atoms with Crippen molar-refractivity contribution in [2.24, 2.45) is 5.92 Å². The number of methoxy groups -OCH3 is 1. The number of hydrogen-bond donors (Lipinski definition) is 0. The highest BCUT2D eigenvalue weighted by atomic mass is 79.9. The average molecular weight is 343 g/mol. The van der Waals surface area contributed by atoms with Crippen LogP contribution in [0.4, 0.5) is 11.4 Å². The van der Waals surface area contributed by atoms with Gasteiger partial charge in [-0.05, 0) is 12.1 Å². The smallest absolute Gasteiger partial charge is 0.311 e. The number of carbonyl (C=O) groups excluding carboxylic acids is 2. The Kier molecular flexibility index (Phi) is 4.03. The predicted molar refractivity (Wildman–Crippen MR) is 73.3 cm³/mol. The summed E-state index contributed by atoms with van der Waals surface area (Å²) in [5.74, 6) is -1.41. The minimum Gasteiger partial charge on any atom is -0.469 e. The van der Waals surface area contributed by atoms with E-state index < -0.39 is 16.8 Å². The Morgan fingerprint density at radius 3 is 2.85 bits per heavy atom. The van der Waals surface area contributed by atoms with E-state index in [0.717, 1.165) is 0 Å². The molecule has 1 aliphatic heterocycles. The molecule has 0 N–H and O–H groups in total. The summed E-state index contributed by atoms with van der Waals surface area (Å²) < 4.78 is 5.23. The van der Waals surface area contributed by atoms with Gasteiger partial charge in [-0.1, -0.05) is 15.9 Å². The Bertz CT molecular complexity index is 589. The fourth-order valence-corrected chi connectivity index (χ4v) is 2.48. The molecule has 0 saturated carbocycles. The molecule has 1 aromatic rings. The second-order valence-corrected chi connectivity index (χ2v) is 5.23. The van der Waals surface area contributed by atoms with Crippen LogP contribution in [0.1, 0.15) is 6.42 Å². The van der Waals surface area contributed by atoms with Crippen molar-refractivity contribution in [2.75, 3.05) is 18.6 Å². The summed E-state index contributed by atoms with van der Waals surface area (Å²) in [7, 11) is 1.25. The molecular formula is C12H11BrN2O5. The quantitative estimate of drug-likeness (QED) is 0.475. The molecule has 1 saturated heterocycles. The molecule has 7 nitrogen and oxygen atoms in total. The van der Waals surface area contributed by atoms with E-state index in [1.165, 1.54) is 30.2 Å². The number of anilines is 1. The van der Waals surface area contributed by atoms with E-state index >= 15 is 0 Å². The maximum Gasteiger partial charge on any atom is 0.311 e. The fraction of sp³-hybridized carbons (Fsp3) is 0.333. The topological polar surface area (TPSA) is 89.8 Å². The first kappa shape index (κ1) is 14.4. The molecule has 0 aromatic heterocycles. The van der Waals surface area contributed by atoms with Crippen LogP contribution in [0, 0.1) is 16.0 Å². The number of nitro groups is 1. The Balaban J connectivity index is 2.37. The minimum atomic E-state index is -0.592. The summed E-state index contributed by atoms with van der Waals surface area (Å²) >= 11 is 3.22. The highest BCUT2D eigenvalue weighted by Gasteiger charge is 2.38. The molecule has 1 amide bonds. The SMILES string of the molecule is COC(=O)C1CC(=O)N(c2cc(Br)ccc2[N+](=O)[O-])C1. The van der Waals surface area contributed by atoms with Crippen LogP contribution in [0.25, 0.3) is 0 Å². The lowest BCUT2D eigenvalue weighted by Crippen LogP contribution is -2.26. The van der Waals surface area contributed by atoms with Gasteiger partial charge >= 0.3 is 5.97 Å². The molecule has 1 fully saturated rings. The summed E-state index contributed by atoms with van der Waals surface area (Å²) in [5, 5.41) is 11.0. The van der Waals surface area contributed by atoms with E-state index in [4.69, 9.17) is 0 Å². The van der Waals surface area contributed by atoms with Gasteiger partial charge in [-0.25, -0.2) is 0 Å². The normalized spacial score (nSPS) is 18.2. The van der Waals surface area contributed by atoms with Gasteiger partial charge in [0.1, 0.15) is 5.69 Å². The number of amides is 1. The maximum absolute atomic E-state index is 12.0. The summed E-state index contributed by atoms with van der Waals surface area (Å²) in [6, 6.07) is 4.34. The van der Waals surface area contributed by atoms with Crippen molar-refractivity contribution in [3.05, 3.63) is 32.8 Å². The molecule has 1 aromatic carbocycles. The third-order valence-electron chi connectivity index (χ3n) is 3.08. The molecule has 2 rings (SSSR count). The maximum atomic E-state index is 12.0. The number of rotatable bonds is 3. The van der Waals surface area contributed by atoms with Crippen LogP contribution in [-0.4, -0.2) is 30.5 Å². The zero-order chi connectivity index (χ0) is 14.9. The van der Waals surface area contributed by atoms with Crippen LogP contribution in [0.2, 0.25) is 0 Å². The highest BCUT2D eigenvalue weighted by Crippen LogP contribution is 2.35. The minimum absolute atomic E-state index is 0.00363. The van der Waals surface area contributed by atoms with Crippen LogP contribution in [0.5, 0.6) is 0 Å². The molecule has 20 heavy (non-hydrogen) atoms. The Labute approximate surface area is 122 Å². The number of ether oxygens (including phenoxy) is 1. The van der Waals surface area contributed by atoms with Gasteiger partial charge in [-0.2, -0.15) is 0 Å². The second kappa shape index (κ2) is 5.58. The van der Waals surface area contributed by atoms with E-state index in [2.05, 4.69) is 20.7 Å². The van der Waals surface area contributed by atoms with Gasteiger partial charge in [0.15, 0.2) is 0 Å². The molecule has 1 heterocycles. The van der Waals surface area contributed by atoms with Crippen molar-refractivity contribution >= 4 is 39.2 Å². The molecule has 0 aliphatic carbocycles. The number of esters is 1. The summed E-state index contributed by atoms with van der Waals surface area (Å²) in [6.07, 6.45) is -0.00363. The van der Waals surface area contributed by atoms with Gasteiger partial charge in [-0.15, -0.1) is 0 Å². The van der Waals surface area contributed by atoms with Gasteiger partial charge in [-0.3, -0.25) is 19.7 Å². The lowest BCUT2D eigenvalue weighted by atomic mass is 10.1. The number of nitro benzene ring substituents is 1. The number of carbonyl (C=O) groups is 2. The molecule has 0 spiro atoms. The standard InChI is InChI=1S/C12H11BrN2O5/c1-20-12(17)7-4-11(16)14(6-7)10-5-8(13)2-3-9(10)15(18)19/h2-3,5,7H,4,6H2,1H3. The van der Waals surface area contributed by atoms with Gasteiger partial charge in [0.2, 0.25) is 5.91 Å². The average Bonchev–Trinajstić information content (AvgIpc) is 2.79. The van der Waals surface area contributed by atoms with Crippen LogP contribution < -0.4 is 4.90 Å². The number of hydrogen-bond acceptors (Lipinski definition) is 5. The highest BCUT2D eigenvalue weighted by molar-refractivity contribution is 9.10. The summed E-state index contributed by atoms with van der Waals surface area (Å²) in [4.78, 5) is 35.2. The molecule has 8 heteroatoms. The van der Waals surface area contributed by atoms with E-state index in [1.807, 2.05) is 0 Å². The largest absolute Gasteiger partial charge is 0.469 e. The van der Waals surface area contributed by atoms with Gasteiger partial charge in [0.25, 0.3) is 5.69 Å². The second-order valence-electron chi connectivity index (χ2n) is 4.32. The molecule has 0 radical (unpaired) electrons. The number of benzene rings is 1. The molecule has 1 aliphatic rings. The molecule has 106 valence electrons. The van der Waals surface area contributed by atoms with E-state index in [-0.39, 0.29) is 30.2 Å². The van der Waals surface area contributed by atoms with Crippen LogP contribution >= 0.6 is 15.9 Å². The van der Waals surface area contributed by atoms with Crippen LogP contribution in [0.15, 0.2) is 22.7 Å². The van der Waals surface area contributed by atoms with Gasteiger partial charge in [0.05, 0.1) is 18.0 Å². The van der Waals surface area contributed by atoms with Gasteiger partial charge < -0.3 is 9.64 Å². The zero-order valence-electron chi connectivity index (χ0n) is 10.5. The Hall–Kier alpha value is -1.96. The Morgan fingerprint density at radius 1 is 1.55 bits per heavy atom. The van der Waals surface area contributed by atoms with Crippen molar-refractivity contribution in [1.29, 1.82) is 0 Å². The monoisotopic (exact) mass is 342 g/mol. The fourth-order valence-electron chi connectivity index (χ4n) is 2.13. The predicted octanol–water partition coefficient (Wildman–Crippen LogP) is 1.88. The summed E-state index contributed by atoms with van der Waals surface area (Å²) in [5.41, 5.74) is 0.00726. The van der Waals surface area contributed by atoms with Crippen molar-refractivity contribution in [3.8, 4) is 0 Å². The van der Waals surface area contributed by atoms with Crippen LogP contribution in [-0.2, 0) is 14.3 Å². The van der Waals surface area contributed by atoms with Crippen molar-refractivity contribution < 1.29 is 19.2 Å². The lowest BCUT2D eigenvalue weighted by molar-refractivity contribution is -0.384. The van der Waals surface area contributed by atoms with E-state index in [1.54, 1.807) is 0 Å². The molecule has 1 unspecified atom stereocenters. The first-order chi connectivity index (χ1) is 9.43. The third-order valence-corrected chi connectivity index (χ3v) is 3.58. The molecule has 0 bridgehead atoms. The molecule has 1 atom stereocenters. The van der Waals surface area contributed by atoms with Crippen LogP contribution in [0.3, 0.4) is 0 Å². The van der Waals surface area contributed by atoms with E-state index in [9.17, 15) is 19.7 Å². The zero-order valence-corrected chi connectivity index (χ0v) is 12.1. The Morgan fingerprint density at radius 2 is 2.25 bits per heavy atom. The number of nitrogens with zero attached hydrogens (tertiary/aromatic N) is 2. The summed E-state index contributed by atoms with van der Waals surface area (Å²) in [6.45, 7) is 0.0861. The third kappa shape index (κ3) is 2.64. The first-order valence-corrected chi connectivity index (χ1v) is 6.55. The molecular weight excluding hydrogens is 332 g/mol. The first-order valence-electron chi connectivity index (χ1n) is 5.76. The van der Waals surface area contributed by atoms with E-state index in [0.29, 0.717) is 4.47 Å². The van der Waals surface area contributed by atoms with Crippen molar-refractivity contribution in [2.45, 2.75) is 6.42 Å². The van der Waals surface area contributed by atoms with Crippen molar-refractivity contribution in [3.63, 3.8) is 0 Å². The van der Waals surface area contributed by atoms with Gasteiger partial charge in [0, 0.05) is 23.5 Å². The number of halogens is 1. The van der Waals surface area contributed by atoms with Crippen molar-refractivity contribution in [1.82, 2.24) is 0 Å².